The summed E-state index contributed by atoms with van der Waals surface area (Å²) in [5.41, 5.74) is 3.83. The minimum atomic E-state index is 0.103. The summed E-state index contributed by atoms with van der Waals surface area (Å²) in [6.45, 7) is 6.43. The quantitative estimate of drug-likeness (QED) is 0.744. The Labute approximate surface area is 143 Å². The van der Waals surface area contributed by atoms with Crippen molar-refractivity contribution < 1.29 is 5.11 Å². The van der Waals surface area contributed by atoms with Crippen LogP contribution in [-0.4, -0.2) is 10.8 Å². The van der Waals surface area contributed by atoms with Crippen LogP contribution < -0.4 is 0 Å². The van der Waals surface area contributed by atoms with Crippen LogP contribution in [0, 0.1) is 11.3 Å². The van der Waals surface area contributed by atoms with Crippen molar-refractivity contribution in [1.29, 1.82) is 5.41 Å². The molecular formula is C22H23NO. The van der Waals surface area contributed by atoms with Gasteiger partial charge in [0.2, 0.25) is 0 Å². The number of fused-ring (bicyclic) bond motifs is 1. The third kappa shape index (κ3) is 2.92. The lowest BCUT2D eigenvalue weighted by Gasteiger charge is -2.20. The van der Waals surface area contributed by atoms with Crippen LogP contribution in [0.5, 0.6) is 5.75 Å². The molecule has 2 nitrogen and oxygen atoms in total. The van der Waals surface area contributed by atoms with Gasteiger partial charge in [-0.2, -0.15) is 0 Å². The van der Waals surface area contributed by atoms with E-state index in [-0.39, 0.29) is 5.92 Å². The first-order chi connectivity index (χ1) is 11.5. The van der Waals surface area contributed by atoms with Gasteiger partial charge < -0.3 is 10.5 Å². The average molecular weight is 317 g/mol. The lowest BCUT2D eigenvalue weighted by Crippen LogP contribution is -2.10. The van der Waals surface area contributed by atoms with E-state index in [9.17, 15) is 5.11 Å². The lowest BCUT2D eigenvalue weighted by molar-refractivity contribution is 0.481. The fraction of sp³-hybridized carbons (Fsp3) is 0.227. The molecule has 1 aliphatic carbocycles. The van der Waals surface area contributed by atoms with Gasteiger partial charge in [0.1, 0.15) is 5.75 Å². The summed E-state index contributed by atoms with van der Waals surface area (Å²) in [4.78, 5) is 0. The summed E-state index contributed by atoms with van der Waals surface area (Å²) in [5, 5.41) is 20.5. The van der Waals surface area contributed by atoms with Crippen molar-refractivity contribution in [3.63, 3.8) is 0 Å². The largest absolute Gasteiger partial charge is 0.507 e. The number of rotatable bonds is 3. The van der Waals surface area contributed by atoms with Crippen LogP contribution in [0.3, 0.4) is 0 Å². The molecule has 0 heterocycles. The molecular weight excluding hydrogens is 294 g/mol. The second kappa shape index (κ2) is 6.48. The van der Waals surface area contributed by atoms with Gasteiger partial charge in [-0.3, -0.25) is 0 Å². The Balaban J connectivity index is 2.10. The molecule has 2 N–H and O–H groups in total. The fourth-order valence-corrected chi connectivity index (χ4v) is 3.34. The summed E-state index contributed by atoms with van der Waals surface area (Å²) >= 11 is 0. The van der Waals surface area contributed by atoms with Gasteiger partial charge in [-0.25, -0.2) is 0 Å². The number of phenols is 1. The highest BCUT2D eigenvalue weighted by molar-refractivity contribution is 6.11. The zero-order valence-electron chi connectivity index (χ0n) is 14.4. The van der Waals surface area contributed by atoms with Crippen LogP contribution in [0.2, 0.25) is 0 Å². The minimum absolute atomic E-state index is 0.103. The summed E-state index contributed by atoms with van der Waals surface area (Å²) < 4.78 is 0. The molecule has 1 atom stereocenters. The molecule has 2 heteroatoms. The Morgan fingerprint density at radius 3 is 2.46 bits per heavy atom. The molecule has 1 aliphatic rings. The van der Waals surface area contributed by atoms with Crippen LogP contribution >= 0.6 is 0 Å². The zero-order valence-corrected chi connectivity index (χ0v) is 14.4. The molecule has 24 heavy (non-hydrogen) atoms. The summed E-state index contributed by atoms with van der Waals surface area (Å²) in [5.74, 6) is 0.785. The third-order valence-corrected chi connectivity index (χ3v) is 4.58. The average Bonchev–Trinajstić information content (AvgIpc) is 2.56. The van der Waals surface area contributed by atoms with E-state index in [1.807, 2.05) is 36.4 Å². The highest BCUT2D eigenvalue weighted by Crippen LogP contribution is 2.35. The van der Waals surface area contributed by atoms with Gasteiger partial charge in [0.05, 0.1) is 5.71 Å². The first-order valence-corrected chi connectivity index (χ1v) is 8.39. The van der Waals surface area contributed by atoms with Gasteiger partial charge in [-0.1, -0.05) is 69.3 Å². The molecule has 0 bridgehead atoms. The maximum absolute atomic E-state index is 10.3. The summed E-state index contributed by atoms with van der Waals surface area (Å²) in [6, 6.07) is 11.7. The lowest BCUT2D eigenvalue weighted by atomic mass is 9.84. The Hall–Kier alpha value is -2.61. The van der Waals surface area contributed by atoms with Crippen LogP contribution in [0.25, 0.3) is 10.8 Å². The van der Waals surface area contributed by atoms with Crippen molar-refractivity contribution in [3.8, 4) is 5.75 Å². The first-order valence-electron chi connectivity index (χ1n) is 8.39. The van der Waals surface area contributed by atoms with Gasteiger partial charge in [0, 0.05) is 11.3 Å². The van der Waals surface area contributed by atoms with Crippen molar-refractivity contribution >= 4 is 16.5 Å². The van der Waals surface area contributed by atoms with Gasteiger partial charge >= 0.3 is 0 Å². The van der Waals surface area contributed by atoms with Gasteiger partial charge in [0.15, 0.2) is 0 Å². The molecule has 1 unspecified atom stereocenters. The van der Waals surface area contributed by atoms with E-state index in [2.05, 4.69) is 39.0 Å². The molecule has 0 spiro atoms. The second-order valence-corrected chi connectivity index (χ2v) is 6.64. The second-order valence-electron chi connectivity index (χ2n) is 6.64. The first kappa shape index (κ1) is 16.3. The highest BCUT2D eigenvalue weighted by atomic mass is 16.3. The molecule has 0 saturated carbocycles. The normalized spacial score (nSPS) is 17.6. The number of hydrogen-bond acceptors (Lipinski definition) is 2. The molecule has 0 aromatic heterocycles. The SMILES string of the molecule is CC(C)C1=CC=CC(=N)/C1=C\C(C)c1cccc2cccc(O)c12. The topological polar surface area (TPSA) is 44.1 Å². The highest BCUT2D eigenvalue weighted by Gasteiger charge is 2.18. The molecule has 3 rings (SSSR count). The van der Waals surface area contributed by atoms with E-state index >= 15 is 0 Å². The number of hydrogen-bond donors (Lipinski definition) is 2. The standard InChI is InChI=1S/C22H23NO/c1-14(2)17-9-6-11-20(23)19(17)13-15(3)18-10-4-7-16-8-5-12-21(24)22(16)18/h4-15,23-24H,1-3H3/b19-13-,23-20?. The van der Waals surface area contributed by atoms with Crippen LogP contribution in [0.1, 0.15) is 32.3 Å². The smallest absolute Gasteiger partial charge is 0.123 e. The van der Waals surface area contributed by atoms with Crippen molar-refractivity contribution in [1.82, 2.24) is 0 Å². The third-order valence-electron chi connectivity index (χ3n) is 4.58. The number of benzene rings is 2. The minimum Gasteiger partial charge on any atom is -0.507 e. The Bertz CT molecular complexity index is 879. The maximum Gasteiger partial charge on any atom is 0.123 e. The molecule has 0 saturated heterocycles. The molecule has 2 aromatic rings. The number of allylic oxidation sites excluding steroid dienone is 6. The van der Waals surface area contributed by atoms with E-state index in [4.69, 9.17) is 5.41 Å². The molecule has 122 valence electrons. The maximum atomic E-state index is 10.3. The Kier molecular flexibility index (Phi) is 4.39. The van der Waals surface area contributed by atoms with Crippen molar-refractivity contribution in [2.75, 3.05) is 0 Å². The monoisotopic (exact) mass is 317 g/mol. The van der Waals surface area contributed by atoms with Gasteiger partial charge in [-0.15, -0.1) is 0 Å². The molecule has 0 aliphatic heterocycles. The Morgan fingerprint density at radius 1 is 1.04 bits per heavy atom. The van der Waals surface area contributed by atoms with Crippen LogP contribution in [0.15, 0.2) is 71.8 Å². The van der Waals surface area contributed by atoms with E-state index < -0.39 is 0 Å². The van der Waals surface area contributed by atoms with E-state index in [1.165, 1.54) is 5.57 Å². The van der Waals surface area contributed by atoms with E-state index in [1.54, 1.807) is 6.07 Å². The number of nitrogens with one attached hydrogen (secondary N) is 1. The summed E-state index contributed by atoms with van der Waals surface area (Å²) in [6.07, 6.45) is 8.04. The molecule has 0 amide bonds. The van der Waals surface area contributed by atoms with Crippen LogP contribution in [0.4, 0.5) is 0 Å². The zero-order chi connectivity index (χ0) is 17.3. The predicted octanol–water partition coefficient (Wildman–Crippen LogP) is 5.75. The molecule has 2 aromatic carbocycles. The molecule has 0 fully saturated rings. The number of phenolic OH excluding ortho intramolecular Hbond substituents is 1. The summed E-state index contributed by atoms with van der Waals surface area (Å²) in [7, 11) is 0. The predicted molar refractivity (Wildman–Crippen MR) is 102 cm³/mol. The van der Waals surface area contributed by atoms with Crippen molar-refractivity contribution in [2.24, 2.45) is 5.92 Å². The van der Waals surface area contributed by atoms with E-state index in [0.29, 0.717) is 17.4 Å². The van der Waals surface area contributed by atoms with Gasteiger partial charge in [-0.05, 0) is 40.2 Å². The molecule has 0 radical (unpaired) electrons. The van der Waals surface area contributed by atoms with Crippen molar-refractivity contribution in [2.45, 2.75) is 26.7 Å². The number of aromatic hydroxyl groups is 1. The van der Waals surface area contributed by atoms with E-state index in [0.717, 1.165) is 21.9 Å². The van der Waals surface area contributed by atoms with Crippen LogP contribution in [-0.2, 0) is 0 Å². The van der Waals surface area contributed by atoms with Gasteiger partial charge in [0.25, 0.3) is 0 Å². The fourth-order valence-electron chi connectivity index (χ4n) is 3.34. The van der Waals surface area contributed by atoms with Crippen molar-refractivity contribution in [3.05, 3.63) is 77.4 Å². The Morgan fingerprint density at radius 2 is 1.75 bits per heavy atom.